The molecule has 1 aliphatic heterocycles. The molecule has 1 fully saturated rings. The SMILES string of the molecule is C=C[C@](C)(CC)C(=O)N1CC(CC(N)=O)C1. The predicted octanol–water partition coefficient (Wildman–Crippen LogP) is 0.922. The van der Waals surface area contributed by atoms with Crippen LogP contribution in [-0.2, 0) is 9.59 Å². The third-order valence-corrected chi connectivity index (χ3v) is 3.41. The molecule has 0 aromatic rings. The molecule has 4 nitrogen and oxygen atoms in total. The van der Waals surface area contributed by atoms with E-state index in [9.17, 15) is 9.59 Å². The van der Waals surface area contributed by atoms with Crippen molar-refractivity contribution >= 4 is 11.8 Å². The summed E-state index contributed by atoms with van der Waals surface area (Å²) in [6.45, 7) is 8.86. The van der Waals surface area contributed by atoms with E-state index in [0.29, 0.717) is 19.5 Å². The van der Waals surface area contributed by atoms with Gasteiger partial charge >= 0.3 is 0 Å². The van der Waals surface area contributed by atoms with Crippen molar-refractivity contribution in [2.24, 2.45) is 17.1 Å². The van der Waals surface area contributed by atoms with Crippen LogP contribution in [0, 0.1) is 11.3 Å². The Bertz CT molecular complexity index is 308. The number of hydrogen-bond acceptors (Lipinski definition) is 2. The summed E-state index contributed by atoms with van der Waals surface area (Å²) in [5.74, 6) is 0.0529. The van der Waals surface area contributed by atoms with Crippen LogP contribution in [0.5, 0.6) is 0 Å². The van der Waals surface area contributed by atoms with Gasteiger partial charge in [-0.25, -0.2) is 0 Å². The monoisotopic (exact) mass is 224 g/mol. The number of nitrogens with two attached hydrogens (primary N) is 1. The quantitative estimate of drug-likeness (QED) is 0.706. The van der Waals surface area contributed by atoms with Crippen molar-refractivity contribution < 1.29 is 9.59 Å². The molecule has 0 aromatic heterocycles. The van der Waals surface area contributed by atoms with Crippen LogP contribution in [0.15, 0.2) is 12.7 Å². The second-order valence-electron chi connectivity index (χ2n) is 4.72. The van der Waals surface area contributed by atoms with Gasteiger partial charge in [-0.1, -0.05) is 13.0 Å². The number of carbonyl (C=O) groups excluding carboxylic acids is 2. The van der Waals surface area contributed by atoms with Gasteiger partial charge in [0, 0.05) is 25.4 Å². The summed E-state index contributed by atoms with van der Waals surface area (Å²) in [7, 11) is 0. The van der Waals surface area contributed by atoms with Crippen molar-refractivity contribution in [3.8, 4) is 0 Å². The molecule has 2 amide bonds. The Morgan fingerprint density at radius 2 is 2.12 bits per heavy atom. The van der Waals surface area contributed by atoms with Gasteiger partial charge in [-0.2, -0.15) is 0 Å². The van der Waals surface area contributed by atoms with Crippen LogP contribution in [0.1, 0.15) is 26.7 Å². The molecular weight excluding hydrogens is 204 g/mol. The second-order valence-corrected chi connectivity index (χ2v) is 4.72. The lowest BCUT2D eigenvalue weighted by atomic mass is 9.83. The number of nitrogens with zero attached hydrogens (tertiary/aromatic N) is 1. The lowest BCUT2D eigenvalue weighted by Gasteiger charge is -2.42. The molecule has 1 rings (SSSR count). The van der Waals surface area contributed by atoms with E-state index < -0.39 is 5.41 Å². The summed E-state index contributed by atoms with van der Waals surface area (Å²) in [6.07, 6.45) is 2.82. The van der Waals surface area contributed by atoms with E-state index in [2.05, 4.69) is 6.58 Å². The van der Waals surface area contributed by atoms with Crippen LogP contribution in [0.4, 0.5) is 0 Å². The molecule has 1 atom stereocenters. The fourth-order valence-electron chi connectivity index (χ4n) is 1.89. The van der Waals surface area contributed by atoms with Gasteiger partial charge in [0.05, 0.1) is 5.41 Å². The zero-order valence-corrected chi connectivity index (χ0v) is 10.0. The van der Waals surface area contributed by atoms with Crippen LogP contribution >= 0.6 is 0 Å². The van der Waals surface area contributed by atoms with Crippen LogP contribution in [0.25, 0.3) is 0 Å². The van der Waals surface area contributed by atoms with Crippen LogP contribution in [0.2, 0.25) is 0 Å². The maximum absolute atomic E-state index is 12.1. The fourth-order valence-corrected chi connectivity index (χ4v) is 1.89. The Balaban J connectivity index is 2.48. The molecule has 2 N–H and O–H groups in total. The van der Waals surface area contributed by atoms with Crippen molar-refractivity contribution in [2.45, 2.75) is 26.7 Å². The Hall–Kier alpha value is -1.32. The van der Waals surface area contributed by atoms with Crippen LogP contribution in [-0.4, -0.2) is 29.8 Å². The van der Waals surface area contributed by atoms with Gasteiger partial charge in [0.2, 0.25) is 11.8 Å². The topological polar surface area (TPSA) is 63.4 Å². The average Bonchev–Trinajstić information content (AvgIpc) is 2.20. The van der Waals surface area contributed by atoms with Crippen LogP contribution in [0.3, 0.4) is 0 Å². The van der Waals surface area contributed by atoms with Crippen molar-refractivity contribution in [3.05, 3.63) is 12.7 Å². The normalized spacial score (nSPS) is 19.8. The minimum Gasteiger partial charge on any atom is -0.370 e. The molecule has 0 bridgehead atoms. The van der Waals surface area contributed by atoms with E-state index in [-0.39, 0.29) is 17.7 Å². The van der Waals surface area contributed by atoms with Crippen molar-refractivity contribution in [1.29, 1.82) is 0 Å². The molecule has 4 heteroatoms. The maximum atomic E-state index is 12.1. The highest BCUT2D eigenvalue weighted by Gasteiger charge is 2.38. The highest BCUT2D eigenvalue weighted by Crippen LogP contribution is 2.30. The summed E-state index contributed by atoms with van der Waals surface area (Å²) < 4.78 is 0. The third-order valence-electron chi connectivity index (χ3n) is 3.41. The summed E-state index contributed by atoms with van der Waals surface area (Å²) in [5, 5.41) is 0. The molecule has 1 saturated heterocycles. The lowest BCUT2D eigenvalue weighted by Crippen LogP contribution is -2.54. The number of amides is 2. The van der Waals surface area contributed by atoms with Gasteiger partial charge in [0.15, 0.2) is 0 Å². The minimum atomic E-state index is -0.475. The third kappa shape index (κ3) is 2.43. The van der Waals surface area contributed by atoms with Crippen molar-refractivity contribution in [3.63, 3.8) is 0 Å². The van der Waals surface area contributed by atoms with E-state index in [1.54, 1.807) is 11.0 Å². The minimum absolute atomic E-state index is 0.103. The Morgan fingerprint density at radius 3 is 2.50 bits per heavy atom. The van der Waals surface area contributed by atoms with Gasteiger partial charge in [0.25, 0.3) is 0 Å². The molecule has 16 heavy (non-hydrogen) atoms. The lowest BCUT2D eigenvalue weighted by molar-refractivity contribution is -0.146. The number of primary amides is 1. The molecule has 0 spiro atoms. The summed E-state index contributed by atoms with van der Waals surface area (Å²) in [6, 6.07) is 0. The second kappa shape index (κ2) is 4.68. The molecule has 1 aliphatic rings. The number of rotatable bonds is 5. The van der Waals surface area contributed by atoms with E-state index in [0.717, 1.165) is 6.42 Å². The first-order chi connectivity index (χ1) is 7.42. The van der Waals surface area contributed by atoms with E-state index in [4.69, 9.17) is 5.73 Å². The molecule has 0 unspecified atom stereocenters. The Kier molecular flexibility index (Phi) is 3.73. The van der Waals surface area contributed by atoms with Gasteiger partial charge < -0.3 is 10.6 Å². The van der Waals surface area contributed by atoms with E-state index in [1.165, 1.54) is 0 Å². The summed E-state index contributed by atoms with van der Waals surface area (Å²) in [4.78, 5) is 24.5. The molecule has 0 aromatic carbocycles. The molecule has 0 saturated carbocycles. The van der Waals surface area contributed by atoms with E-state index >= 15 is 0 Å². The molecule has 0 radical (unpaired) electrons. The number of carbonyl (C=O) groups is 2. The number of likely N-dealkylation sites (tertiary alicyclic amines) is 1. The maximum Gasteiger partial charge on any atom is 0.232 e. The molecular formula is C12H20N2O2. The van der Waals surface area contributed by atoms with Gasteiger partial charge in [-0.05, 0) is 13.3 Å². The smallest absolute Gasteiger partial charge is 0.232 e. The van der Waals surface area contributed by atoms with Crippen molar-refractivity contribution in [1.82, 2.24) is 4.90 Å². The zero-order valence-electron chi connectivity index (χ0n) is 10.0. The van der Waals surface area contributed by atoms with Gasteiger partial charge in [0.1, 0.15) is 0 Å². The number of hydrogen-bond donors (Lipinski definition) is 1. The Morgan fingerprint density at radius 1 is 1.56 bits per heavy atom. The summed E-state index contributed by atoms with van der Waals surface area (Å²) in [5.41, 5.74) is 4.63. The highest BCUT2D eigenvalue weighted by atomic mass is 16.2. The standard InChI is InChI=1S/C12H20N2O2/c1-4-12(3,5-2)11(16)14-7-9(8-14)6-10(13)15/h4,9H,1,5-8H2,2-3H3,(H2,13,15)/t12-/m1/s1. The largest absolute Gasteiger partial charge is 0.370 e. The first kappa shape index (κ1) is 12.7. The van der Waals surface area contributed by atoms with Gasteiger partial charge in [-0.3, -0.25) is 9.59 Å². The average molecular weight is 224 g/mol. The van der Waals surface area contributed by atoms with Gasteiger partial charge in [-0.15, -0.1) is 6.58 Å². The van der Waals surface area contributed by atoms with Crippen LogP contribution < -0.4 is 5.73 Å². The first-order valence-corrected chi connectivity index (χ1v) is 5.64. The molecule has 1 heterocycles. The Labute approximate surface area is 96.5 Å². The summed E-state index contributed by atoms with van der Waals surface area (Å²) >= 11 is 0. The van der Waals surface area contributed by atoms with E-state index in [1.807, 2.05) is 13.8 Å². The first-order valence-electron chi connectivity index (χ1n) is 5.64. The fraction of sp³-hybridized carbons (Fsp3) is 0.667. The zero-order chi connectivity index (χ0) is 12.3. The van der Waals surface area contributed by atoms with Crippen molar-refractivity contribution in [2.75, 3.05) is 13.1 Å². The predicted molar refractivity (Wildman–Crippen MR) is 62.5 cm³/mol. The molecule has 0 aliphatic carbocycles. The molecule has 90 valence electrons. The highest BCUT2D eigenvalue weighted by molar-refractivity contribution is 5.85.